The van der Waals surface area contributed by atoms with Crippen molar-refractivity contribution < 1.29 is 9.53 Å². The molecule has 1 amide bonds. The average molecular weight is 200 g/mol. The maximum absolute atomic E-state index is 11.7. The van der Waals surface area contributed by atoms with Crippen molar-refractivity contribution in [1.29, 1.82) is 0 Å². The maximum Gasteiger partial charge on any atom is 0.223 e. The van der Waals surface area contributed by atoms with Crippen LogP contribution >= 0.6 is 0 Å². The minimum atomic E-state index is 0.223. The van der Waals surface area contributed by atoms with Crippen LogP contribution in [0.15, 0.2) is 0 Å². The summed E-state index contributed by atoms with van der Waals surface area (Å²) < 4.78 is 5.00. The van der Waals surface area contributed by atoms with Gasteiger partial charge in [-0.3, -0.25) is 4.79 Å². The molecule has 1 unspecified atom stereocenters. The molecule has 1 saturated heterocycles. The van der Waals surface area contributed by atoms with Crippen LogP contribution in [0.25, 0.3) is 0 Å². The number of hydrogen-bond acceptors (Lipinski definition) is 3. The van der Waals surface area contributed by atoms with Gasteiger partial charge in [0.15, 0.2) is 0 Å². The van der Waals surface area contributed by atoms with Crippen LogP contribution in [-0.2, 0) is 9.53 Å². The lowest BCUT2D eigenvalue weighted by Crippen LogP contribution is -2.57. The van der Waals surface area contributed by atoms with E-state index >= 15 is 0 Å². The minimum absolute atomic E-state index is 0.223. The van der Waals surface area contributed by atoms with Crippen LogP contribution in [0, 0.1) is 5.92 Å². The molecule has 0 aliphatic carbocycles. The number of carbonyl (C=O) groups excluding carboxylic acids is 1. The second-order valence-corrected chi connectivity index (χ2v) is 4.08. The summed E-state index contributed by atoms with van der Waals surface area (Å²) in [5, 5.41) is 3.16. The zero-order valence-electron chi connectivity index (χ0n) is 9.25. The van der Waals surface area contributed by atoms with Crippen molar-refractivity contribution in [3.05, 3.63) is 0 Å². The van der Waals surface area contributed by atoms with E-state index in [-0.39, 0.29) is 5.91 Å². The Kier molecular flexibility index (Phi) is 4.35. The van der Waals surface area contributed by atoms with E-state index in [1.54, 1.807) is 7.11 Å². The summed E-state index contributed by atoms with van der Waals surface area (Å²) in [5.74, 6) is 0.532. The number of methoxy groups -OCH3 is 1. The molecule has 1 heterocycles. The number of nitrogens with zero attached hydrogens (tertiary/aromatic N) is 1. The van der Waals surface area contributed by atoms with Crippen molar-refractivity contribution in [3.8, 4) is 0 Å². The first-order chi connectivity index (χ1) is 6.65. The van der Waals surface area contributed by atoms with Gasteiger partial charge in [0, 0.05) is 40.3 Å². The first-order valence-electron chi connectivity index (χ1n) is 5.10. The zero-order valence-corrected chi connectivity index (χ0v) is 9.25. The summed E-state index contributed by atoms with van der Waals surface area (Å²) in [5.41, 5.74) is 0. The number of likely N-dealkylation sites (N-methyl/N-ethyl adjacent to an activating group) is 1. The molecule has 0 aromatic carbocycles. The maximum atomic E-state index is 11.7. The molecule has 14 heavy (non-hydrogen) atoms. The number of carbonyl (C=O) groups is 1. The molecule has 0 spiro atoms. The Hall–Kier alpha value is -0.610. The highest BCUT2D eigenvalue weighted by atomic mass is 16.5. The molecule has 0 saturated carbocycles. The lowest BCUT2D eigenvalue weighted by atomic mass is 10.1. The van der Waals surface area contributed by atoms with Crippen LogP contribution in [0.1, 0.15) is 13.3 Å². The third kappa shape index (κ3) is 2.96. The van der Waals surface area contributed by atoms with Crippen molar-refractivity contribution in [2.75, 3.05) is 33.9 Å². The van der Waals surface area contributed by atoms with Gasteiger partial charge in [-0.15, -0.1) is 0 Å². The fourth-order valence-electron chi connectivity index (χ4n) is 1.54. The third-order valence-electron chi connectivity index (χ3n) is 2.68. The van der Waals surface area contributed by atoms with E-state index in [9.17, 15) is 4.79 Å². The van der Waals surface area contributed by atoms with Gasteiger partial charge >= 0.3 is 0 Å². The number of nitrogens with one attached hydrogen (secondary N) is 1. The molecule has 1 N–H and O–H groups in total. The van der Waals surface area contributed by atoms with Gasteiger partial charge in [0.2, 0.25) is 5.91 Å². The lowest BCUT2D eigenvalue weighted by molar-refractivity contribution is -0.134. The van der Waals surface area contributed by atoms with Gasteiger partial charge in [-0.25, -0.2) is 0 Å². The Balaban J connectivity index is 2.25. The molecule has 0 radical (unpaired) electrons. The summed E-state index contributed by atoms with van der Waals surface area (Å²) in [6.45, 7) is 4.55. The Bertz CT molecular complexity index is 193. The summed E-state index contributed by atoms with van der Waals surface area (Å²) >= 11 is 0. The Morgan fingerprint density at radius 2 is 2.29 bits per heavy atom. The molecule has 1 atom stereocenters. The molecule has 82 valence electrons. The van der Waals surface area contributed by atoms with Crippen molar-refractivity contribution in [1.82, 2.24) is 10.2 Å². The Morgan fingerprint density at radius 3 is 2.71 bits per heavy atom. The molecule has 0 aromatic rings. The van der Waals surface area contributed by atoms with Crippen molar-refractivity contribution in [3.63, 3.8) is 0 Å². The van der Waals surface area contributed by atoms with Gasteiger partial charge in [0.1, 0.15) is 0 Å². The Morgan fingerprint density at radius 1 is 1.64 bits per heavy atom. The molecule has 1 aliphatic heterocycles. The molecule has 0 aromatic heterocycles. The van der Waals surface area contributed by atoms with Crippen LogP contribution in [-0.4, -0.2) is 50.7 Å². The number of rotatable bonds is 5. The van der Waals surface area contributed by atoms with E-state index in [0.29, 0.717) is 25.0 Å². The van der Waals surface area contributed by atoms with E-state index in [0.717, 1.165) is 13.1 Å². The van der Waals surface area contributed by atoms with Crippen LogP contribution in [0.2, 0.25) is 0 Å². The summed E-state index contributed by atoms with van der Waals surface area (Å²) in [6, 6.07) is 0.400. The van der Waals surface area contributed by atoms with E-state index in [1.807, 2.05) is 18.9 Å². The standard InChI is InChI=1S/C10H20N2O2/c1-8(7-14-3)4-10(13)12(2)9-5-11-6-9/h8-9,11H,4-7H2,1-3H3. The van der Waals surface area contributed by atoms with E-state index in [1.165, 1.54) is 0 Å². The zero-order chi connectivity index (χ0) is 10.6. The molecule has 4 nitrogen and oxygen atoms in total. The number of amides is 1. The molecule has 1 aliphatic rings. The van der Waals surface area contributed by atoms with Gasteiger partial charge in [-0.2, -0.15) is 0 Å². The summed E-state index contributed by atoms with van der Waals surface area (Å²) in [6.07, 6.45) is 0.584. The van der Waals surface area contributed by atoms with E-state index in [2.05, 4.69) is 5.32 Å². The predicted molar refractivity (Wildman–Crippen MR) is 55.1 cm³/mol. The molecule has 4 heteroatoms. The van der Waals surface area contributed by atoms with Crippen molar-refractivity contribution >= 4 is 5.91 Å². The van der Waals surface area contributed by atoms with Gasteiger partial charge < -0.3 is 15.0 Å². The van der Waals surface area contributed by atoms with E-state index < -0.39 is 0 Å². The second kappa shape index (κ2) is 5.32. The number of ether oxygens (including phenoxy) is 1. The van der Waals surface area contributed by atoms with Gasteiger partial charge in [0.05, 0.1) is 6.04 Å². The topological polar surface area (TPSA) is 41.6 Å². The first kappa shape index (κ1) is 11.5. The normalized spacial score (nSPS) is 18.8. The Labute approximate surface area is 85.6 Å². The largest absolute Gasteiger partial charge is 0.384 e. The third-order valence-corrected chi connectivity index (χ3v) is 2.68. The van der Waals surface area contributed by atoms with Crippen molar-refractivity contribution in [2.45, 2.75) is 19.4 Å². The van der Waals surface area contributed by atoms with Gasteiger partial charge in [-0.05, 0) is 5.92 Å². The molecular weight excluding hydrogens is 180 g/mol. The fourth-order valence-corrected chi connectivity index (χ4v) is 1.54. The smallest absolute Gasteiger partial charge is 0.223 e. The van der Waals surface area contributed by atoms with E-state index in [4.69, 9.17) is 4.74 Å². The molecule has 1 fully saturated rings. The predicted octanol–water partition coefficient (Wildman–Crippen LogP) is 0.0892. The van der Waals surface area contributed by atoms with Crippen LogP contribution in [0.3, 0.4) is 0 Å². The highest BCUT2D eigenvalue weighted by Crippen LogP contribution is 2.09. The van der Waals surface area contributed by atoms with Gasteiger partial charge in [0.25, 0.3) is 0 Å². The minimum Gasteiger partial charge on any atom is -0.384 e. The summed E-state index contributed by atoms with van der Waals surface area (Å²) in [7, 11) is 3.55. The quantitative estimate of drug-likeness (QED) is 0.684. The number of hydrogen-bond donors (Lipinski definition) is 1. The monoisotopic (exact) mass is 200 g/mol. The fraction of sp³-hybridized carbons (Fsp3) is 0.900. The van der Waals surface area contributed by atoms with Gasteiger partial charge in [-0.1, -0.05) is 6.92 Å². The SMILES string of the molecule is COCC(C)CC(=O)N(C)C1CNC1. The molecule has 1 rings (SSSR count). The second-order valence-electron chi connectivity index (χ2n) is 4.08. The van der Waals surface area contributed by atoms with Crippen LogP contribution in [0.5, 0.6) is 0 Å². The molecular formula is C10H20N2O2. The van der Waals surface area contributed by atoms with Crippen LogP contribution in [0.4, 0.5) is 0 Å². The van der Waals surface area contributed by atoms with Crippen molar-refractivity contribution in [2.24, 2.45) is 5.92 Å². The lowest BCUT2D eigenvalue weighted by Gasteiger charge is -2.36. The summed E-state index contributed by atoms with van der Waals surface area (Å²) in [4.78, 5) is 13.6. The average Bonchev–Trinajstić information content (AvgIpc) is 2.01. The molecule has 0 bridgehead atoms. The van der Waals surface area contributed by atoms with Crippen LogP contribution < -0.4 is 5.32 Å². The highest BCUT2D eigenvalue weighted by Gasteiger charge is 2.25. The highest BCUT2D eigenvalue weighted by molar-refractivity contribution is 5.76. The first-order valence-corrected chi connectivity index (χ1v) is 5.10.